The summed E-state index contributed by atoms with van der Waals surface area (Å²) in [6, 6.07) is 24.6. The molecule has 4 aromatic rings. The number of benzene rings is 2. The molecule has 2 aromatic carbocycles. The molecule has 8 nitrogen and oxygen atoms in total. The zero-order valence-electron chi connectivity index (χ0n) is 20.9. The number of carbonyl (C=O) groups is 2. The first-order valence-corrected chi connectivity index (χ1v) is 12.9. The highest BCUT2D eigenvalue weighted by molar-refractivity contribution is 6.33. The summed E-state index contributed by atoms with van der Waals surface area (Å²) in [6.45, 7) is 2.74. The van der Waals surface area contributed by atoms with Crippen molar-refractivity contribution in [1.29, 1.82) is 0 Å². The van der Waals surface area contributed by atoms with E-state index >= 15 is 0 Å². The lowest BCUT2D eigenvalue weighted by atomic mass is 10.1. The number of rotatable bonds is 8. The molecule has 1 fully saturated rings. The van der Waals surface area contributed by atoms with E-state index in [1.165, 1.54) is 6.26 Å². The van der Waals surface area contributed by atoms with Gasteiger partial charge >= 0.3 is 0 Å². The van der Waals surface area contributed by atoms with Crippen molar-refractivity contribution in [2.24, 2.45) is 0 Å². The molecular formula is C29H28ClN5O3. The number of hydrogen-bond acceptors (Lipinski definition) is 6. The molecule has 0 atom stereocenters. The average molecular weight is 530 g/mol. The van der Waals surface area contributed by atoms with Crippen LogP contribution < -0.4 is 4.90 Å². The van der Waals surface area contributed by atoms with Gasteiger partial charge in [0.2, 0.25) is 5.91 Å². The number of furan rings is 1. The van der Waals surface area contributed by atoms with Crippen molar-refractivity contribution in [3.63, 3.8) is 0 Å². The first-order valence-electron chi connectivity index (χ1n) is 12.6. The van der Waals surface area contributed by atoms with E-state index in [0.29, 0.717) is 49.9 Å². The van der Waals surface area contributed by atoms with Gasteiger partial charge in [-0.1, -0.05) is 60.1 Å². The lowest BCUT2D eigenvalue weighted by molar-refractivity contribution is -0.132. The Morgan fingerprint density at radius 3 is 2.32 bits per heavy atom. The molecule has 9 heteroatoms. The molecule has 38 heavy (non-hydrogen) atoms. The van der Waals surface area contributed by atoms with Gasteiger partial charge in [-0.05, 0) is 42.3 Å². The van der Waals surface area contributed by atoms with Gasteiger partial charge < -0.3 is 19.1 Å². The molecular weight excluding hydrogens is 502 g/mol. The smallest absolute Gasteiger partial charge is 0.290 e. The van der Waals surface area contributed by atoms with E-state index in [9.17, 15) is 9.59 Å². The summed E-state index contributed by atoms with van der Waals surface area (Å²) in [4.78, 5) is 31.7. The van der Waals surface area contributed by atoms with Gasteiger partial charge in [-0.25, -0.2) is 0 Å². The molecule has 0 unspecified atom stereocenters. The lowest BCUT2D eigenvalue weighted by Gasteiger charge is -2.36. The summed E-state index contributed by atoms with van der Waals surface area (Å²) >= 11 is 6.28. The number of nitrogens with zero attached hydrogens (tertiary/aromatic N) is 5. The maximum atomic E-state index is 13.2. The van der Waals surface area contributed by atoms with E-state index in [1.807, 2.05) is 66.7 Å². The number of anilines is 1. The van der Waals surface area contributed by atoms with Crippen molar-refractivity contribution in [3.05, 3.63) is 101 Å². The van der Waals surface area contributed by atoms with Crippen LogP contribution in [-0.2, 0) is 11.2 Å². The molecule has 0 aliphatic carbocycles. The van der Waals surface area contributed by atoms with Crippen molar-refractivity contribution >= 4 is 29.2 Å². The summed E-state index contributed by atoms with van der Waals surface area (Å²) in [5.74, 6) is 0.615. The molecule has 3 heterocycles. The molecule has 2 aromatic heterocycles. The second-order valence-electron chi connectivity index (χ2n) is 9.06. The van der Waals surface area contributed by atoms with E-state index in [2.05, 4.69) is 15.1 Å². The van der Waals surface area contributed by atoms with Crippen LogP contribution >= 0.6 is 11.6 Å². The second kappa shape index (κ2) is 11.9. The van der Waals surface area contributed by atoms with Gasteiger partial charge in [0.1, 0.15) is 6.54 Å². The van der Waals surface area contributed by atoms with E-state index < -0.39 is 0 Å². The van der Waals surface area contributed by atoms with Gasteiger partial charge in [0, 0.05) is 38.3 Å². The van der Waals surface area contributed by atoms with Crippen LogP contribution in [0.4, 0.5) is 5.82 Å². The fourth-order valence-corrected chi connectivity index (χ4v) is 4.70. The van der Waals surface area contributed by atoms with Gasteiger partial charge in [-0.2, -0.15) is 0 Å². The molecule has 1 aliphatic rings. The van der Waals surface area contributed by atoms with Crippen LogP contribution in [0.5, 0.6) is 0 Å². The fraction of sp³-hybridized carbons (Fsp3) is 0.241. The monoisotopic (exact) mass is 529 g/mol. The Kier molecular flexibility index (Phi) is 7.99. The van der Waals surface area contributed by atoms with Crippen LogP contribution in [0.25, 0.3) is 11.3 Å². The zero-order chi connectivity index (χ0) is 26.3. The van der Waals surface area contributed by atoms with E-state index in [4.69, 9.17) is 16.0 Å². The van der Waals surface area contributed by atoms with E-state index in [0.717, 1.165) is 16.9 Å². The van der Waals surface area contributed by atoms with Crippen molar-refractivity contribution < 1.29 is 14.0 Å². The van der Waals surface area contributed by atoms with Gasteiger partial charge in [-0.3, -0.25) is 9.59 Å². The van der Waals surface area contributed by atoms with Gasteiger partial charge in [-0.15, -0.1) is 10.2 Å². The lowest BCUT2D eigenvalue weighted by Crippen LogP contribution is -2.52. The van der Waals surface area contributed by atoms with Crippen molar-refractivity contribution in [2.75, 3.05) is 44.2 Å². The number of piperazine rings is 1. The normalized spacial score (nSPS) is 13.4. The van der Waals surface area contributed by atoms with E-state index in [1.54, 1.807) is 21.9 Å². The zero-order valence-corrected chi connectivity index (χ0v) is 21.6. The quantitative estimate of drug-likeness (QED) is 0.336. The van der Waals surface area contributed by atoms with Crippen LogP contribution in [0.1, 0.15) is 16.1 Å². The molecule has 1 saturated heterocycles. The fourth-order valence-electron chi connectivity index (χ4n) is 4.47. The summed E-state index contributed by atoms with van der Waals surface area (Å²) in [6.07, 6.45) is 2.12. The largest absolute Gasteiger partial charge is 0.459 e. The molecule has 5 rings (SSSR count). The maximum Gasteiger partial charge on any atom is 0.290 e. The Hall–Kier alpha value is -4.17. The Balaban J connectivity index is 1.19. The topological polar surface area (TPSA) is 82.8 Å². The van der Waals surface area contributed by atoms with Crippen molar-refractivity contribution in [3.8, 4) is 11.3 Å². The van der Waals surface area contributed by atoms with E-state index in [-0.39, 0.29) is 24.1 Å². The first-order chi connectivity index (χ1) is 18.6. The molecule has 0 radical (unpaired) electrons. The van der Waals surface area contributed by atoms with Crippen molar-refractivity contribution in [1.82, 2.24) is 20.0 Å². The molecule has 194 valence electrons. The Bertz CT molecular complexity index is 1350. The Morgan fingerprint density at radius 2 is 1.63 bits per heavy atom. The number of aromatic nitrogens is 2. The highest BCUT2D eigenvalue weighted by Gasteiger charge is 2.27. The summed E-state index contributed by atoms with van der Waals surface area (Å²) < 4.78 is 5.32. The highest BCUT2D eigenvalue weighted by Crippen LogP contribution is 2.26. The van der Waals surface area contributed by atoms with Gasteiger partial charge in [0.25, 0.3) is 5.91 Å². The minimum atomic E-state index is -0.285. The number of hydrogen-bond donors (Lipinski definition) is 0. The van der Waals surface area contributed by atoms with Crippen LogP contribution in [0, 0.1) is 0 Å². The molecule has 0 N–H and O–H groups in total. The summed E-state index contributed by atoms with van der Waals surface area (Å²) in [7, 11) is 0. The number of amides is 2. The third-order valence-electron chi connectivity index (χ3n) is 6.62. The van der Waals surface area contributed by atoms with Crippen LogP contribution in [-0.4, -0.2) is 71.1 Å². The number of halogens is 1. The molecule has 2 amide bonds. The standard InChI is InChI=1S/C29H28ClN5O3/c30-24-10-5-4-9-23(24)25-12-13-27(32-31-25)33-16-18-34(19-17-33)28(36)21-35(29(37)26-11-6-20-38-26)15-14-22-7-2-1-3-8-22/h1-13,20H,14-19,21H2. The summed E-state index contributed by atoms with van der Waals surface area (Å²) in [5.41, 5.74) is 2.65. The average Bonchev–Trinajstić information content (AvgIpc) is 3.51. The molecule has 0 bridgehead atoms. The number of carbonyl (C=O) groups excluding carboxylic acids is 2. The third kappa shape index (κ3) is 6.03. The first kappa shape index (κ1) is 25.5. The van der Waals surface area contributed by atoms with Gasteiger partial charge in [0.15, 0.2) is 11.6 Å². The van der Waals surface area contributed by atoms with Gasteiger partial charge in [0.05, 0.1) is 17.0 Å². The van der Waals surface area contributed by atoms with Crippen LogP contribution in [0.15, 0.2) is 89.5 Å². The Morgan fingerprint density at radius 1 is 0.868 bits per heavy atom. The van der Waals surface area contributed by atoms with Crippen LogP contribution in [0.2, 0.25) is 5.02 Å². The molecule has 1 aliphatic heterocycles. The highest BCUT2D eigenvalue weighted by atomic mass is 35.5. The van der Waals surface area contributed by atoms with Crippen molar-refractivity contribution in [2.45, 2.75) is 6.42 Å². The Labute approximate surface area is 226 Å². The van der Waals surface area contributed by atoms with Crippen LogP contribution in [0.3, 0.4) is 0 Å². The third-order valence-corrected chi connectivity index (χ3v) is 6.94. The predicted octanol–water partition coefficient (Wildman–Crippen LogP) is 4.42. The minimum absolute atomic E-state index is 0.00129. The maximum absolute atomic E-state index is 13.2. The predicted molar refractivity (Wildman–Crippen MR) is 146 cm³/mol. The molecule has 0 spiro atoms. The minimum Gasteiger partial charge on any atom is -0.459 e. The SMILES string of the molecule is O=C(CN(CCc1ccccc1)C(=O)c1ccco1)N1CCN(c2ccc(-c3ccccc3Cl)nn2)CC1. The second-order valence-corrected chi connectivity index (χ2v) is 9.47. The summed E-state index contributed by atoms with van der Waals surface area (Å²) in [5, 5.41) is 9.38. The molecule has 0 saturated carbocycles.